The van der Waals surface area contributed by atoms with Crippen molar-refractivity contribution in [1.29, 1.82) is 0 Å². The monoisotopic (exact) mass is 217 g/mol. The van der Waals surface area contributed by atoms with Crippen molar-refractivity contribution in [3.63, 3.8) is 0 Å². The third-order valence-electron chi connectivity index (χ3n) is 2.67. The van der Waals surface area contributed by atoms with Gasteiger partial charge in [-0.3, -0.25) is 14.5 Å². The second-order valence-corrected chi connectivity index (χ2v) is 5.90. The summed E-state index contributed by atoms with van der Waals surface area (Å²) in [4.78, 5) is 23.5. The molecule has 2 fully saturated rings. The molecule has 1 atom stereocenters. The largest absolute Gasteiger partial charge is 0.274 e. The van der Waals surface area contributed by atoms with Crippen LogP contribution in [-0.2, 0) is 19.4 Å². The maximum Gasteiger partial charge on any atom is 0.230 e. The quantitative estimate of drug-likeness (QED) is 0.564. The van der Waals surface area contributed by atoms with E-state index >= 15 is 0 Å². The summed E-state index contributed by atoms with van der Waals surface area (Å²) in [6.45, 7) is 0. The normalized spacial score (nSPS) is 31.4. The predicted molar refractivity (Wildman–Crippen MR) is 47.9 cm³/mol. The summed E-state index contributed by atoms with van der Waals surface area (Å²) in [5, 5.41) is -0.870. The van der Waals surface area contributed by atoms with Crippen molar-refractivity contribution in [2.45, 2.75) is 31.1 Å². The lowest BCUT2D eigenvalue weighted by Gasteiger charge is -2.20. The van der Waals surface area contributed by atoms with E-state index < -0.39 is 15.2 Å². The molecule has 2 aliphatic heterocycles. The van der Waals surface area contributed by atoms with Crippen LogP contribution in [0.15, 0.2) is 0 Å². The van der Waals surface area contributed by atoms with Gasteiger partial charge in [-0.25, -0.2) is 8.42 Å². The summed E-state index contributed by atoms with van der Waals surface area (Å²) in [6.07, 6.45) is 1.26. The maximum atomic E-state index is 11.5. The highest BCUT2D eigenvalue weighted by Gasteiger charge is 2.44. The van der Waals surface area contributed by atoms with Gasteiger partial charge >= 0.3 is 0 Å². The van der Waals surface area contributed by atoms with Crippen LogP contribution in [0.25, 0.3) is 0 Å². The fourth-order valence-electron chi connectivity index (χ4n) is 1.98. The van der Waals surface area contributed by atoms with Gasteiger partial charge in [-0.15, -0.1) is 0 Å². The van der Waals surface area contributed by atoms with Gasteiger partial charge in [-0.2, -0.15) is 0 Å². The van der Waals surface area contributed by atoms with Crippen LogP contribution in [-0.4, -0.2) is 36.3 Å². The van der Waals surface area contributed by atoms with Crippen LogP contribution in [0.4, 0.5) is 0 Å². The van der Waals surface area contributed by atoms with Crippen molar-refractivity contribution in [3.8, 4) is 0 Å². The van der Waals surface area contributed by atoms with Crippen LogP contribution < -0.4 is 0 Å². The molecular formula is C8H11NO4S. The molecule has 2 aliphatic rings. The molecule has 2 rings (SSSR count). The van der Waals surface area contributed by atoms with Crippen LogP contribution in [0.3, 0.4) is 0 Å². The Bertz CT molecular complexity index is 370. The molecule has 5 nitrogen and oxygen atoms in total. The smallest absolute Gasteiger partial charge is 0.230 e. The standard InChI is InChI=1S/C8H11NO4S/c10-6-3-4-7(11)9(6)8-2-1-5-14(8,12)13/h8H,1-5H2. The van der Waals surface area contributed by atoms with Gasteiger partial charge in [0.2, 0.25) is 11.8 Å². The highest BCUT2D eigenvalue weighted by Crippen LogP contribution is 2.27. The van der Waals surface area contributed by atoms with E-state index in [0.29, 0.717) is 12.8 Å². The minimum atomic E-state index is -3.25. The number of rotatable bonds is 1. The van der Waals surface area contributed by atoms with E-state index in [1.54, 1.807) is 0 Å². The van der Waals surface area contributed by atoms with Crippen LogP contribution in [0.2, 0.25) is 0 Å². The third kappa shape index (κ3) is 1.33. The zero-order chi connectivity index (χ0) is 10.3. The number of hydrogen-bond donors (Lipinski definition) is 0. The number of carbonyl (C=O) groups is 2. The summed E-state index contributed by atoms with van der Waals surface area (Å²) in [5.74, 6) is -0.592. The molecule has 2 heterocycles. The number of carbonyl (C=O) groups excluding carboxylic acids is 2. The van der Waals surface area contributed by atoms with Crippen molar-refractivity contribution in [2.75, 3.05) is 5.75 Å². The molecule has 0 saturated carbocycles. The molecule has 78 valence electrons. The average molecular weight is 217 g/mol. The molecule has 0 N–H and O–H groups in total. The molecule has 0 aromatic rings. The fraction of sp³-hybridized carbons (Fsp3) is 0.750. The topological polar surface area (TPSA) is 71.5 Å². The molecule has 0 aromatic carbocycles. The Balaban J connectivity index is 2.31. The highest BCUT2D eigenvalue weighted by molar-refractivity contribution is 7.92. The summed E-state index contributed by atoms with van der Waals surface area (Å²) in [6, 6.07) is 0. The van der Waals surface area contributed by atoms with E-state index in [4.69, 9.17) is 0 Å². The van der Waals surface area contributed by atoms with Crippen molar-refractivity contribution in [2.24, 2.45) is 0 Å². The number of sulfone groups is 1. The molecule has 0 spiro atoms. The zero-order valence-electron chi connectivity index (χ0n) is 7.60. The average Bonchev–Trinajstić information content (AvgIpc) is 2.57. The Labute approximate surface area is 82.0 Å². The molecular weight excluding hydrogens is 206 g/mol. The second kappa shape index (κ2) is 3.05. The lowest BCUT2D eigenvalue weighted by Crippen LogP contribution is -2.42. The molecule has 0 bridgehead atoms. The molecule has 2 amide bonds. The molecule has 0 radical (unpaired) electrons. The van der Waals surface area contributed by atoms with E-state index in [2.05, 4.69) is 0 Å². The first-order valence-electron chi connectivity index (χ1n) is 4.59. The minimum Gasteiger partial charge on any atom is -0.274 e. The van der Waals surface area contributed by atoms with Crippen LogP contribution >= 0.6 is 0 Å². The molecule has 6 heteroatoms. The van der Waals surface area contributed by atoms with E-state index in [0.717, 1.165) is 4.90 Å². The van der Waals surface area contributed by atoms with Crippen LogP contribution in [0.5, 0.6) is 0 Å². The summed E-state index contributed by atoms with van der Waals surface area (Å²) in [5.41, 5.74) is 0. The Kier molecular flexibility index (Phi) is 2.10. The second-order valence-electron chi connectivity index (χ2n) is 3.62. The van der Waals surface area contributed by atoms with Gasteiger partial charge in [0.1, 0.15) is 5.37 Å². The number of hydrogen-bond acceptors (Lipinski definition) is 4. The minimum absolute atomic E-state index is 0.0920. The number of nitrogens with zero attached hydrogens (tertiary/aromatic N) is 1. The third-order valence-corrected chi connectivity index (χ3v) is 4.81. The van der Waals surface area contributed by atoms with E-state index in [1.807, 2.05) is 0 Å². The first kappa shape index (κ1) is 9.64. The Morgan fingerprint density at radius 1 is 1.14 bits per heavy atom. The SMILES string of the molecule is O=C1CCC(=O)N1C1CCCS1(=O)=O. The van der Waals surface area contributed by atoms with Gasteiger partial charge in [-0.1, -0.05) is 0 Å². The highest BCUT2D eigenvalue weighted by atomic mass is 32.2. The molecule has 14 heavy (non-hydrogen) atoms. The molecule has 1 unspecified atom stereocenters. The first-order chi connectivity index (χ1) is 6.52. The van der Waals surface area contributed by atoms with Gasteiger partial charge in [-0.05, 0) is 12.8 Å². The number of imide groups is 1. The van der Waals surface area contributed by atoms with Gasteiger partial charge < -0.3 is 0 Å². The Morgan fingerprint density at radius 2 is 1.71 bits per heavy atom. The van der Waals surface area contributed by atoms with Gasteiger partial charge in [0.15, 0.2) is 9.84 Å². The van der Waals surface area contributed by atoms with Gasteiger partial charge in [0, 0.05) is 12.8 Å². The van der Waals surface area contributed by atoms with Crippen molar-refractivity contribution in [3.05, 3.63) is 0 Å². The predicted octanol–water partition coefficient (Wildman–Crippen LogP) is -0.330. The van der Waals surface area contributed by atoms with Crippen molar-refractivity contribution < 1.29 is 18.0 Å². The van der Waals surface area contributed by atoms with E-state index in [9.17, 15) is 18.0 Å². The summed E-state index contributed by atoms with van der Waals surface area (Å²) < 4.78 is 23.0. The fourth-order valence-corrected chi connectivity index (χ4v) is 3.90. The summed E-state index contributed by atoms with van der Waals surface area (Å²) >= 11 is 0. The van der Waals surface area contributed by atoms with E-state index in [-0.39, 0.29) is 30.4 Å². The number of likely N-dealkylation sites (tertiary alicyclic amines) is 1. The number of amides is 2. The van der Waals surface area contributed by atoms with Crippen molar-refractivity contribution in [1.82, 2.24) is 4.90 Å². The maximum absolute atomic E-state index is 11.5. The Morgan fingerprint density at radius 3 is 2.14 bits per heavy atom. The van der Waals surface area contributed by atoms with Gasteiger partial charge in [0.05, 0.1) is 5.75 Å². The Hall–Kier alpha value is -0.910. The van der Waals surface area contributed by atoms with Crippen LogP contribution in [0, 0.1) is 0 Å². The lowest BCUT2D eigenvalue weighted by atomic mass is 10.3. The zero-order valence-corrected chi connectivity index (χ0v) is 8.42. The summed E-state index contributed by atoms with van der Waals surface area (Å²) in [7, 11) is -3.25. The molecule has 2 saturated heterocycles. The molecule has 0 aromatic heterocycles. The van der Waals surface area contributed by atoms with Gasteiger partial charge in [0.25, 0.3) is 0 Å². The first-order valence-corrected chi connectivity index (χ1v) is 6.30. The van der Waals surface area contributed by atoms with Crippen molar-refractivity contribution >= 4 is 21.7 Å². The molecule has 0 aliphatic carbocycles. The lowest BCUT2D eigenvalue weighted by molar-refractivity contribution is -0.139. The van der Waals surface area contributed by atoms with Crippen LogP contribution in [0.1, 0.15) is 25.7 Å². The van der Waals surface area contributed by atoms with E-state index in [1.165, 1.54) is 0 Å².